The van der Waals surface area contributed by atoms with Crippen molar-refractivity contribution in [3.63, 3.8) is 0 Å². The first-order chi connectivity index (χ1) is 12.5. The lowest BCUT2D eigenvalue weighted by Gasteiger charge is -2.14. The van der Waals surface area contributed by atoms with Gasteiger partial charge in [-0.2, -0.15) is 0 Å². The minimum absolute atomic E-state index is 0. The maximum Gasteiger partial charge on any atom is 0.193 e. The van der Waals surface area contributed by atoms with Crippen molar-refractivity contribution < 1.29 is 14.6 Å². The normalized spacial score (nSPS) is 12.1. The Balaban J connectivity index is 0.00000364. The van der Waals surface area contributed by atoms with Gasteiger partial charge in [-0.15, -0.1) is 24.0 Å². The molecule has 6 nitrogen and oxygen atoms in total. The van der Waals surface area contributed by atoms with Gasteiger partial charge in [0, 0.05) is 11.1 Å². The Hall–Kier alpha value is -1.71. The zero-order valence-electron chi connectivity index (χ0n) is 15.3. The van der Waals surface area contributed by atoms with Gasteiger partial charge in [-0.3, -0.25) is 4.99 Å². The number of aliphatic hydroxyl groups is 1. The molecule has 0 aliphatic carbocycles. The second-order valence-corrected chi connectivity index (χ2v) is 5.88. The number of hydrogen-bond acceptors (Lipinski definition) is 4. The van der Waals surface area contributed by atoms with Gasteiger partial charge in [0.15, 0.2) is 5.96 Å². The van der Waals surface area contributed by atoms with E-state index in [9.17, 15) is 5.11 Å². The van der Waals surface area contributed by atoms with Crippen molar-refractivity contribution in [2.45, 2.75) is 20.0 Å². The van der Waals surface area contributed by atoms with Crippen LogP contribution in [-0.4, -0.2) is 30.8 Å². The molecule has 0 saturated heterocycles. The number of halogens is 2. The second-order valence-electron chi connectivity index (χ2n) is 5.44. The van der Waals surface area contributed by atoms with E-state index >= 15 is 0 Å². The quantitative estimate of drug-likeness (QED) is 0.284. The van der Waals surface area contributed by atoms with Crippen LogP contribution < -0.4 is 20.5 Å². The Labute approximate surface area is 181 Å². The van der Waals surface area contributed by atoms with Gasteiger partial charge < -0.3 is 25.6 Å². The molecule has 4 N–H and O–H groups in total. The van der Waals surface area contributed by atoms with Crippen LogP contribution in [0.2, 0.25) is 5.02 Å². The third-order valence-corrected chi connectivity index (χ3v) is 3.77. The summed E-state index contributed by atoms with van der Waals surface area (Å²) in [6.45, 7) is 5.02. The van der Waals surface area contributed by atoms with Crippen molar-refractivity contribution >= 4 is 47.2 Å². The third-order valence-electron chi connectivity index (χ3n) is 3.51. The average Bonchev–Trinajstić information content (AvgIpc) is 2.63. The first kappa shape index (κ1) is 23.3. The molecule has 0 aliphatic heterocycles. The summed E-state index contributed by atoms with van der Waals surface area (Å²) in [5.41, 5.74) is 7.33. The fourth-order valence-electron chi connectivity index (χ4n) is 2.30. The SMILES string of the molecule is CCOc1ccc(OCC)c(NC(N)=NCC(O)c2ccc(Cl)cc2)c1.I. The summed E-state index contributed by atoms with van der Waals surface area (Å²) in [5, 5.41) is 13.8. The maximum atomic E-state index is 10.2. The molecule has 2 aromatic rings. The molecule has 0 spiro atoms. The summed E-state index contributed by atoms with van der Waals surface area (Å²) in [6.07, 6.45) is -0.770. The molecule has 1 unspecified atom stereocenters. The van der Waals surface area contributed by atoms with E-state index in [-0.39, 0.29) is 36.5 Å². The van der Waals surface area contributed by atoms with Crippen LogP contribution in [0.25, 0.3) is 0 Å². The van der Waals surface area contributed by atoms with Gasteiger partial charge in [0.2, 0.25) is 0 Å². The van der Waals surface area contributed by atoms with E-state index in [1.54, 1.807) is 30.3 Å². The molecule has 27 heavy (non-hydrogen) atoms. The van der Waals surface area contributed by atoms with E-state index in [2.05, 4.69) is 10.3 Å². The average molecular weight is 506 g/mol. The molecule has 0 amide bonds. The number of guanidine groups is 1. The van der Waals surface area contributed by atoms with Crippen LogP contribution in [0.1, 0.15) is 25.5 Å². The Morgan fingerprint density at radius 2 is 1.81 bits per heavy atom. The number of hydrogen-bond donors (Lipinski definition) is 3. The van der Waals surface area contributed by atoms with E-state index < -0.39 is 6.10 Å². The molecule has 0 fully saturated rings. The van der Waals surface area contributed by atoms with Crippen LogP contribution in [0.4, 0.5) is 5.69 Å². The van der Waals surface area contributed by atoms with Crippen LogP contribution in [0, 0.1) is 0 Å². The molecular formula is C19H25ClIN3O3. The van der Waals surface area contributed by atoms with Gasteiger partial charge in [0.25, 0.3) is 0 Å². The Kier molecular flexibility index (Phi) is 10.3. The fraction of sp³-hybridized carbons (Fsp3) is 0.316. The highest BCUT2D eigenvalue weighted by atomic mass is 127. The van der Waals surface area contributed by atoms with Crippen LogP contribution in [0.15, 0.2) is 47.5 Å². The van der Waals surface area contributed by atoms with E-state index in [1.165, 1.54) is 0 Å². The lowest BCUT2D eigenvalue weighted by molar-refractivity contribution is 0.187. The monoisotopic (exact) mass is 505 g/mol. The van der Waals surface area contributed by atoms with E-state index in [0.717, 1.165) is 5.56 Å². The Bertz CT molecular complexity index is 741. The number of rotatable bonds is 8. The number of aliphatic imine (C=N–C) groups is 1. The predicted molar refractivity (Wildman–Crippen MR) is 121 cm³/mol. The number of anilines is 1. The number of nitrogens with two attached hydrogens (primary N) is 1. The summed E-state index contributed by atoms with van der Waals surface area (Å²) in [4.78, 5) is 4.20. The zero-order chi connectivity index (χ0) is 18.9. The lowest BCUT2D eigenvalue weighted by Crippen LogP contribution is -2.24. The van der Waals surface area contributed by atoms with Crippen molar-refractivity contribution in [2.24, 2.45) is 10.7 Å². The summed E-state index contributed by atoms with van der Waals surface area (Å²) in [5.74, 6) is 1.52. The van der Waals surface area contributed by atoms with Gasteiger partial charge in [0.1, 0.15) is 11.5 Å². The fourth-order valence-corrected chi connectivity index (χ4v) is 2.42. The van der Waals surface area contributed by atoms with E-state index in [4.69, 9.17) is 26.8 Å². The number of ether oxygens (including phenoxy) is 2. The number of nitrogens with one attached hydrogen (secondary N) is 1. The van der Waals surface area contributed by atoms with E-state index in [0.29, 0.717) is 35.4 Å². The van der Waals surface area contributed by atoms with Crippen molar-refractivity contribution in [1.29, 1.82) is 0 Å². The molecule has 0 bridgehead atoms. The Morgan fingerprint density at radius 3 is 2.44 bits per heavy atom. The highest BCUT2D eigenvalue weighted by Crippen LogP contribution is 2.29. The first-order valence-corrected chi connectivity index (χ1v) is 8.81. The van der Waals surface area contributed by atoms with E-state index in [1.807, 2.05) is 26.0 Å². The third kappa shape index (κ3) is 7.43. The summed E-state index contributed by atoms with van der Waals surface area (Å²) < 4.78 is 11.1. The molecule has 8 heteroatoms. The summed E-state index contributed by atoms with van der Waals surface area (Å²) in [6, 6.07) is 12.4. The van der Waals surface area contributed by atoms with Crippen molar-refractivity contribution in [3.05, 3.63) is 53.1 Å². The molecule has 148 valence electrons. The second kappa shape index (κ2) is 11.9. The van der Waals surface area contributed by atoms with Gasteiger partial charge in [0.05, 0.1) is 31.5 Å². The largest absolute Gasteiger partial charge is 0.494 e. The first-order valence-electron chi connectivity index (χ1n) is 8.43. The lowest BCUT2D eigenvalue weighted by atomic mass is 10.1. The minimum atomic E-state index is -0.770. The highest BCUT2D eigenvalue weighted by Gasteiger charge is 2.09. The Morgan fingerprint density at radius 1 is 1.15 bits per heavy atom. The number of nitrogens with zero attached hydrogens (tertiary/aromatic N) is 1. The smallest absolute Gasteiger partial charge is 0.193 e. The topological polar surface area (TPSA) is 89.1 Å². The molecular weight excluding hydrogens is 481 g/mol. The maximum absolute atomic E-state index is 10.2. The molecule has 2 aromatic carbocycles. The minimum Gasteiger partial charge on any atom is -0.494 e. The summed E-state index contributed by atoms with van der Waals surface area (Å²) >= 11 is 5.85. The standard InChI is InChI=1S/C19H24ClN3O3.HI/c1-3-25-15-9-10-18(26-4-2)16(11-15)23-19(21)22-12-17(24)13-5-7-14(20)8-6-13;/h5-11,17,24H,3-4,12H2,1-2H3,(H3,21,22,23);1H. The van der Waals surface area contributed by atoms with Crippen molar-refractivity contribution in [1.82, 2.24) is 0 Å². The van der Waals surface area contributed by atoms with Crippen LogP contribution in [0.3, 0.4) is 0 Å². The molecule has 0 aromatic heterocycles. The molecule has 0 heterocycles. The zero-order valence-corrected chi connectivity index (χ0v) is 18.4. The molecule has 0 aliphatic rings. The van der Waals surface area contributed by atoms with Gasteiger partial charge in [-0.05, 0) is 43.7 Å². The van der Waals surface area contributed by atoms with Crippen molar-refractivity contribution in [3.8, 4) is 11.5 Å². The summed E-state index contributed by atoms with van der Waals surface area (Å²) in [7, 11) is 0. The van der Waals surface area contributed by atoms with Crippen molar-refractivity contribution in [2.75, 3.05) is 25.1 Å². The van der Waals surface area contributed by atoms with Gasteiger partial charge in [-0.25, -0.2) is 0 Å². The number of aliphatic hydroxyl groups excluding tert-OH is 1. The molecule has 2 rings (SSSR count). The predicted octanol–water partition coefficient (Wildman–Crippen LogP) is 4.22. The highest BCUT2D eigenvalue weighted by molar-refractivity contribution is 14.0. The molecule has 1 atom stereocenters. The molecule has 0 radical (unpaired) electrons. The van der Waals surface area contributed by atoms with Gasteiger partial charge >= 0.3 is 0 Å². The van der Waals surface area contributed by atoms with Crippen LogP contribution in [-0.2, 0) is 0 Å². The van der Waals surface area contributed by atoms with Gasteiger partial charge in [-0.1, -0.05) is 23.7 Å². The number of benzene rings is 2. The van der Waals surface area contributed by atoms with Crippen LogP contribution in [0.5, 0.6) is 11.5 Å². The van der Waals surface area contributed by atoms with Crippen LogP contribution >= 0.6 is 35.6 Å². The molecule has 0 saturated carbocycles.